The van der Waals surface area contributed by atoms with Crippen molar-refractivity contribution in [3.8, 4) is 0 Å². The van der Waals surface area contributed by atoms with Crippen LogP contribution in [0.2, 0.25) is 0 Å². The van der Waals surface area contributed by atoms with Crippen molar-refractivity contribution in [2.24, 2.45) is 17.3 Å². The minimum absolute atomic E-state index is 0.108. The fourth-order valence-corrected chi connectivity index (χ4v) is 3.88. The van der Waals surface area contributed by atoms with Crippen molar-refractivity contribution < 1.29 is 14.3 Å². The second-order valence-electron chi connectivity index (χ2n) is 7.92. The molecule has 1 spiro atoms. The van der Waals surface area contributed by atoms with Gasteiger partial charge in [0.1, 0.15) is 11.5 Å². The van der Waals surface area contributed by atoms with E-state index in [0.29, 0.717) is 5.92 Å². The molecular weight excluding hydrogens is 316 g/mol. The summed E-state index contributed by atoms with van der Waals surface area (Å²) in [6, 6.07) is 0. The molecule has 0 N–H and O–H groups in total. The maximum absolute atomic E-state index is 13.1. The molecule has 0 aromatic carbocycles. The lowest BCUT2D eigenvalue weighted by atomic mass is 9.76. The summed E-state index contributed by atoms with van der Waals surface area (Å²) in [5.41, 5.74) is -0.595. The lowest BCUT2D eigenvalue weighted by Gasteiger charge is -2.33. The Balaban J connectivity index is 2.20. The summed E-state index contributed by atoms with van der Waals surface area (Å²) < 4.78 is 11.4. The first-order valence-corrected chi connectivity index (χ1v) is 9.30. The van der Waals surface area contributed by atoms with Crippen LogP contribution in [0.25, 0.3) is 0 Å². The van der Waals surface area contributed by atoms with E-state index >= 15 is 0 Å². The van der Waals surface area contributed by atoms with Gasteiger partial charge in [-0.2, -0.15) is 0 Å². The van der Waals surface area contributed by atoms with Gasteiger partial charge in [0.2, 0.25) is 5.91 Å². The summed E-state index contributed by atoms with van der Waals surface area (Å²) in [6.07, 6.45) is 6.85. The highest BCUT2D eigenvalue weighted by Gasteiger charge is 2.47. The Hall–Kier alpha value is -1.49. The van der Waals surface area contributed by atoms with Crippen molar-refractivity contribution in [1.82, 2.24) is 9.80 Å². The van der Waals surface area contributed by atoms with Crippen LogP contribution in [-0.4, -0.2) is 63.7 Å². The maximum atomic E-state index is 13.1. The van der Waals surface area contributed by atoms with Crippen molar-refractivity contribution in [3.63, 3.8) is 0 Å². The van der Waals surface area contributed by atoms with Gasteiger partial charge in [-0.3, -0.25) is 4.79 Å². The van der Waals surface area contributed by atoms with Crippen molar-refractivity contribution >= 4 is 5.91 Å². The Morgan fingerprint density at radius 1 is 1.24 bits per heavy atom. The van der Waals surface area contributed by atoms with E-state index in [1.165, 1.54) is 0 Å². The Labute approximate surface area is 152 Å². The first-order valence-electron chi connectivity index (χ1n) is 9.30. The van der Waals surface area contributed by atoms with E-state index in [1.54, 1.807) is 14.2 Å². The van der Waals surface area contributed by atoms with Gasteiger partial charge in [-0.15, -0.1) is 0 Å². The fourth-order valence-electron chi connectivity index (χ4n) is 3.88. The molecule has 1 aliphatic carbocycles. The Bertz CT molecular complexity index is 515. The first-order chi connectivity index (χ1) is 11.8. The van der Waals surface area contributed by atoms with E-state index in [4.69, 9.17) is 9.47 Å². The number of carbonyl (C=O) groups excluding carboxylic acids is 1. The van der Waals surface area contributed by atoms with Crippen LogP contribution in [0.15, 0.2) is 23.7 Å². The van der Waals surface area contributed by atoms with E-state index in [0.717, 1.165) is 50.4 Å². The average molecular weight is 351 g/mol. The topological polar surface area (TPSA) is 42.0 Å². The fraction of sp³-hybridized carbons (Fsp3) is 0.750. The number of hydrogen-bond acceptors (Lipinski definition) is 4. The smallest absolute Gasteiger partial charge is 0.236 e. The molecule has 0 aromatic rings. The second kappa shape index (κ2) is 8.26. The van der Waals surface area contributed by atoms with Crippen LogP contribution in [0.5, 0.6) is 0 Å². The summed E-state index contributed by atoms with van der Waals surface area (Å²) in [7, 11) is 7.51. The SMILES string of the molecule is COC1=CC2(C=C(OC)C1CC(C)C)CCN(CCCN(C)C)C2=O. The van der Waals surface area contributed by atoms with Crippen molar-refractivity contribution in [3.05, 3.63) is 23.7 Å². The van der Waals surface area contributed by atoms with Gasteiger partial charge in [-0.1, -0.05) is 13.8 Å². The summed E-state index contributed by atoms with van der Waals surface area (Å²) >= 11 is 0. The van der Waals surface area contributed by atoms with Crippen LogP contribution >= 0.6 is 0 Å². The highest BCUT2D eigenvalue weighted by Crippen LogP contribution is 2.45. The molecule has 0 aromatic heterocycles. The van der Waals surface area contributed by atoms with E-state index in [9.17, 15) is 4.79 Å². The number of likely N-dealkylation sites (tertiary alicyclic amines) is 1. The molecule has 2 rings (SSSR count). The zero-order valence-electron chi connectivity index (χ0n) is 16.7. The van der Waals surface area contributed by atoms with Crippen LogP contribution in [0.3, 0.4) is 0 Å². The molecule has 0 saturated carbocycles. The first kappa shape index (κ1) is 19.8. The number of nitrogens with zero attached hydrogens (tertiary/aromatic N) is 2. The highest BCUT2D eigenvalue weighted by atomic mass is 16.5. The van der Waals surface area contributed by atoms with Gasteiger partial charge in [0.05, 0.1) is 25.6 Å². The average Bonchev–Trinajstić information content (AvgIpc) is 2.85. The van der Waals surface area contributed by atoms with E-state index in [1.807, 2.05) is 4.90 Å². The summed E-state index contributed by atoms with van der Waals surface area (Å²) in [6.45, 7) is 6.98. The van der Waals surface area contributed by atoms with Crippen LogP contribution < -0.4 is 0 Å². The van der Waals surface area contributed by atoms with Crippen molar-refractivity contribution in [1.29, 1.82) is 0 Å². The Morgan fingerprint density at radius 2 is 1.84 bits per heavy atom. The lowest BCUT2D eigenvalue weighted by Crippen LogP contribution is -2.36. The zero-order chi connectivity index (χ0) is 18.6. The summed E-state index contributed by atoms with van der Waals surface area (Å²) in [5.74, 6) is 2.56. The number of hydrogen-bond donors (Lipinski definition) is 0. The molecule has 1 aliphatic heterocycles. The van der Waals surface area contributed by atoms with Gasteiger partial charge >= 0.3 is 0 Å². The van der Waals surface area contributed by atoms with Gasteiger partial charge < -0.3 is 19.3 Å². The van der Waals surface area contributed by atoms with Crippen LogP contribution in [0.4, 0.5) is 0 Å². The highest BCUT2D eigenvalue weighted by molar-refractivity contribution is 5.89. The summed E-state index contributed by atoms with van der Waals surface area (Å²) in [4.78, 5) is 17.3. The van der Waals surface area contributed by atoms with Crippen LogP contribution in [0.1, 0.15) is 33.1 Å². The number of rotatable bonds is 8. The van der Waals surface area contributed by atoms with Crippen LogP contribution in [-0.2, 0) is 14.3 Å². The third kappa shape index (κ3) is 4.38. The molecule has 1 heterocycles. The molecule has 142 valence electrons. The van der Waals surface area contributed by atoms with Gasteiger partial charge in [-0.05, 0) is 58.0 Å². The van der Waals surface area contributed by atoms with Gasteiger partial charge in [0.15, 0.2) is 0 Å². The quantitative estimate of drug-likeness (QED) is 0.675. The molecule has 1 fully saturated rings. The van der Waals surface area contributed by atoms with Gasteiger partial charge in [0.25, 0.3) is 0 Å². The zero-order valence-corrected chi connectivity index (χ0v) is 16.7. The normalized spacial score (nSPS) is 26.5. The largest absolute Gasteiger partial charge is 0.501 e. The van der Waals surface area contributed by atoms with Gasteiger partial charge in [0, 0.05) is 13.1 Å². The molecular formula is C20H34N2O3. The van der Waals surface area contributed by atoms with Crippen LogP contribution in [0, 0.1) is 17.3 Å². The molecule has 0 radical (unpaired) electrons. The Kier molecular flexibility index (Phi) is 6.55. The second-order valence-corrected chi connectivity index (χ2v) is 7.92. The minimum Gasteiger partial charge on any atom is -0.501 e. The molecule has 2 aliphatic rings. The molecule has 5 heteroatoms. The molecule has 5 nitrogen and oxygen atoms in total. The van der Waals surface area contributed by atoms with E-state index in [2.05, 4.69) is 45.0 Å². The minimum atomic E-state index is -0.595. The molecule has 0 unspecified atom stereocenters. The standard InChI is InChI=1S/C20H34N2O3/c1-15(2)12-16-17(24-5)13-20(14-18(16)25-6)8-11-22(19(20)23)10-7-9-21(3)4/h13-16H,7-12H2,1-6H3. The molecule has 1 amide bonds. The molecule has 0 atom stereocenters. The third-order valence-corrected chi connectivity index (χ3v) is 5.18. The number of methoxy groups -OCH3 is 2. The lowest BCUT2D eigenvalue weighted by molar-refractivity contribution is -0.132. The van der Waals surface area contributed by atoms with E-state index < -0.39 is 5.41 Å². The number of carbonyl (C=O) groups is 1. The summed E-state index contributed by atoms with van der Waals surface area (Å²) in [5, 5.41) is 0. The number of ether oxygens (including phenoxy) is 2. The number of amides is 1. The maximum Gasteiger partial charge on any atom is 0.236 e. The van der Waals surface area contributed by atoms with Crippen molar-refractivity contribution in [2.75, 3.05) is 47.9 Å². The van der Waals surface area contributed by atoms with Gasteiger partial charge in [-0.25, -0.2) is 0 Å². The monoisotopic (exact) mass is 350 g/mol. The van der Waals surface area contributed by atoms with E-state index in [-0.39, 0.29) is 11.8 Å². The van der Waals surface area contributed by atoms with Crippen molar-refractivity contribution in [2.45, 2.75) is 33.1 Å². The predicted molar refractivity (Wildman–Crippen MR) is 99.9 cm³/mol. The predicted octanol–water partition coefficient (Wildman–Crippen LogP) is 2.89. The molecule has 0 bridgehead atoms. The Morgan fingerprint density at radius 3 is 2.32 bits per heavy atom. The molecule has 25 heavy (non-hydrogen) atoms. The molecule has 1 saturated heterocycles. The third-order valence-electron chi connectivity index (χ3n) is 5.18.